The fraction of sp³-hybridized carbons (Fsp3) is 0.333. The van der Waals surface area contributed by atoms with E-state index in [-0.39, 0.29) is 22.9 Å². The van der Waals surface area contributed by atoms with Crippen LogP contribution >= 0.6 is 24.0 Å². The number of hydrogen-bond donors (Lipinski definition) is 1. The number of amides is 1. The summed E-state index contributed by atoms with van der Waals surface area (Å²) in [6.45, 7) is 1.84. The summed E-state index contributed by atoms with van der Waals surface area (Å²) < 4.78 is 36.5. The van der Waals surface area contributed by atoms with E-state index in [1.807, 2.05) is 25.1 Å². The van der Waals surface area contributed by atoms with E-state index < -0.39 is 15.9 Å². The van der Waals surface area contributed by atoms with Crippen LogP contribution in [0.5, 0.6) is 5.75 Å². The molecular weight excluding hydrogens is 370 g/mol. The first-order valence-corrected chi connectivity index (χ1v) is 10.1. The van der Waals surface area contributed by atoms with Gasteiger partial charge in [0.05, 0.1) is 10.7 Å². The van der Waals surface area contributed by atoms with Crippen LogP contribution in [0.2, 0.25) is 0 Å². The van der Waals surface area contributed by atoms with Gasteiger partial charge in [0.2, 0.25) is 0 Å². The molecule has 1 atom stereocenters. The van der Waals surface area contributed by atoms with Crippen molar-refractivity contribution >= 4 is 50.4 Å². The van der Waals surface area contributed by atoms with Crippen molar-refractivity contribution in [3.63, 3.8) is 0 Å². The Labute approximate surface area is 149 Å². The van der Waals surface area contributed by atoms with Gasteiger partial charge in [-0.25, -0.2) is 0 Å². The van der Waals surface area contributed by atoms with Crippen LogP contribution < -0.4 is 4.74 Å². The molecule has 0 spiro atoms. The molecule has 1 saturated heterocycles. The van der Waals surface area contributed by atoms with E-state index in [0.29, 0.717) is 4.91 Å². The summed E-state index contributed by atoms with van der Waals surface area (Å²) in [7, 11) is -4.14. The molecule has 1 aromatic rings. The number of fused-ring (bicyclic) bond motifs is 1. The van der Waals surface area contributed by atoms with Gasteiger partial charge >= 0.3 is 0 Å². The van der Waals surface area contributed by atoms with Crippen LogP contribution in [-0.2, 0) is 21.3 Å². The molecular formula is C15H15NO5S3. The number of carbonyl (C=O) groups is 1. The summed E-state index contributed by atoms with van der Waals surface area (Å²) in [5.41, 5.74) is 1.96. The third kappa shape index (κ3) is 3.80. The van der Waals surface area contributed by atoms with Gasteiger partial charge in [-0.15, -0.1) is 0 Å². The summed E-state index contributed by atoms with van der Waals surface area (Å²) in [5.74, 6) is -0.0278. The second-order valence-corrected chi connectivity index (χ2v) is 8.87. The second kappa shape index (κ2) is 6.47. The molecule has 1 N–H and O–H groups in total. The normalized spacial score (nSPS) is 22.2. The lowest BCUT2D eigenvalue weighted by molar-refractivity contribution is -0.121. The third-order valence-electron chi connectivity index (χ3n) is 3.66. The first-order valence-electron chi connectivity index (χ1n) is 7.23. The van der Waals surface area contributed by atoms with Gasteiger partial charge in [0.15, 0.2) is 0 Å². The highest BCUT2D eigenvalue weighted by atomic mass is 32.2. The Kier molecular flexibility index (Phi) is 4.69. The van der Waals surface area contributed by atoms with Crippen LogP contribution in [0.3, 0.4) is 0 Å². The Morgan fingerprint density at radius 3 is 2.96 bits per heavy atom. The van der Waals surface area contributed by atoms with E-state index in [1.54, 1.807) is 6.08 Å². The van der Waals surface area contributed by atoms with Crippen LogP contribution in [0.25, 0.3) is 6.08 Å². The molecule has 2 aliphatic rings. The quantitative estimate of drug-likeness (QED) is 0.483. The smallest absolute Gasteiger partial charge is 0.266 e. The zero-order valence-corrected chi connectivity index (χ0v) is 15.2. The number of hydrogen-bond acceptors (Lipinski definition) is 6. The molecule has 0 saturated carbocycles. The molecule has 0 bridgehead atoms. The molecule has 1 fully saturated rings. The summed E-state index contributed by atoms with van der Waals surface area (Å²) in [6.07, 6.45) is 2.71. The molecule has 2 aliphatic heterocycles. The van der Waals surface area contributed by atoms with Crippen LogP contribution in [0.1, 0.15) is 18.1 Å². The minimum atomic E-state index is -4.14. The zero-order chi connectivity index (χ0) is 17.5. The first kappa shape index (κ1) is 17.4. The van der Waals surface area contributed by atoms with Crippen LogP contribution in [0.15, 0.2) is 23.1 Å². The topological polar surface area (TPSA) is 83.9 Å². The lowest BCUT2D eigenvalue weighted by atomic mass is 10.1. The Morgan fingerprint density at radius 2 is 2.25 bits per heavy atom. The van der Waals surface area contributed by atoms with Crippen molar-refractivity contribution in [3.05, 3.63) is 34.2 Å². The molecule has 9 heteroatoms. The second-order valence-electron chi connectivity index (χ2n) is 5.62. The van der Waals surface area contributed by atoms with Crippen molar-refractivity contribution < 1.29 is 22.5 Å². The first-order chi connectivity index (χ1) is 11.2. The van der Waals surface area contributed by atoms with Crippen molar-refractivity contribution in [2.45, 2.75) is 19.4 Å². The zero-order valence-electron chi connectivity index (χ0n) is 12.8. The van der Waals surface area contributed by atoms with Crippen molar-refractivity contribution in [3.8, 4) is 5.75 Å². The maximum Gasteiger partial charge on any atom is 0.266 e. The maximum atomic E-state index is 12.4. The number of thioether (sulfide) groups is 1. The summed E-state index contributed by atoms with van der Waals surface area (Å²) >= 11 is 6.25. The van der Waals surface area contributed by atoms with E-state index in [2.05, 4.69) is 0 Å². The standard InChI is InChI=1S/C15H15NO5S3/c1-9-6-11-7-10(2-3-12(11)21-9)8-13-14(17)16(15(22)23-13)4-5-24(18,19)20/h2-3,7-9H,4-6H2,1H3,(H,18,19,20)/b13-8+/t9-/m0/s1. The molecule has 0 aliphatic carbocycles. The Bertz CT molecular complexity index is 847. The van der Waals surface area contributed by atoms with Crippen molar-refractivity contribution in [1.29, 1.82) is 0 Å². The Morgan fingerprint density at radius 1 is 1.50 bits per heavy atom. The highest BCUT2D eigenvalue weighted by molar-refractivity contribution is 8.26. The lowest BCUT2D eigenvalue weighted by Gasteiger charge is -2.12. The fourth-order valence-corrected chi connectivity index (χ4v) is 4.30. The van der Waals surface area contributed by atoms with E-state index in [9.17, 15) is 13.2 Å². The van der Waals surface area contributed by atoms with Gasteiger partial charge in [-0.2, -0.15) is 8.42 Å². The molecule has 6 nitrogen and oxygen atoms in total. The maximum absolute atomic E-state index is 12.4. The van der Waals surface area contributed by atoms with Gasteiger partial charge in [0.1, 0.15) is 16.2 Å². The summed E-state index contributed by atoms with van der Waals surface area (Å²) in [5, 5.41) is 0. The third-order valence-corrected chi connectivity index (χ3v) is 5.74. The number of thiocarbonyl (C=S) groups is 1. The number of ether oxygens (including phenoxy) is 1. The Balaban J connectivity index is 1.78. The molecule has 0 unspecified atom stereocenters. The SMILES string of the molecule is C[C@H]1Cc2cc(/C=C3/SC(=S)N(CCS(=O)(=O)O)C3=O)ccc2O1. The van der Waals surface area contributed by atoms with E-state index in [4.69, 9.17) is 21.5 Å². The minimum Gasteiger partial charge on any atom is -0.490 e. The van der Waals surface area contributed by atoms with Crippen LogP contribution in [0, 0.1) is 0 Å². The van der Waals surface area contributed by atoms with E-state index in [0.717, 1.165) is 35.1 Å². The predicted molar refractivity (Wildman–Crippen MR) is 96.5 cm³/mol. The van der Waals surface area contributed by atoms with Crippen molar-refractivity contribution in [2.75, 3.05) is 12.3 Å². The minimum absolute atomic E-state index is 0.147. The van der Waals surface area contributed by atoms with Gasteiger partial charge in [0.25, 0.3) is 16.0 Å². The van der Waals surface area contributed by atoms with Gasteiger partial charge < -0.3 is 4.74 Å². The van der Waals surface area contributed by atoms with Gasteiger partial charge in [-0.3, -0.25) is 14.2 Å². The largest absolute Gasteiger partial charge is 0.490 e. The number of rotatable bonds is 4. The molecule has 1 amide bonds. The number of nitrogens with zero attached hydrogens (tertiary/aromatic N) is 1. The van der Waals surface area contributed by atoms with Gasteiger partial charge in [-0.05, 0) is 36.3 Å². The van der Waals surface area contributed by atoms with Gasteiger partial charge in [-0.1, -0.05) is 30.0 Å². The predicted octanol–water partition coefficient (Wildman–Crippen LogP) is 2.10. The highest BCUT2D eigenvalue weighted by Crippen LogP contribution is 2.34. The average Bonchev–Trinajstić information content (AvgIpc) is 2.96. The van der Waals surface area contributed by atoms with Gasteiger partial charge in [0, 0.05) is 13.0 Å². The number of carbonyl (C=O) groups excluding carboxylic acids is 1. The van der Waals surface area contributed by atoms with E-state index >= 15 is 0 Å². The van der Waals surface area contributed by atoms with Crippen LogP contribution in [0.4, 0.5) is 0 Å². The lowest BCUT2D eigenvalue weighted by Crippen LogP contribution is -2.32. The average molecular weight is 385 g/mol. The summed E-state index contributed by atoms with van der Waals surface area (Å²) in [4.78, 5) is 14.0. The monoisotopic (exact) mass is 385 g/mol. The van der Waals surface area contributed by atoms with Crippen molar-refractivity contribution in [1.82, 2.24) is 4.90 Å². The van der Waals surface area contributed by atoms with E-state index in [1.165, 1.54) is 4.90 Å². The Hall–Kier alpha value is -1.42. The molecule has 2 heterocycles. The molecule has 1 aromatic carbocycles. The van der Waals surface area contributed by atoms with Crippen molar-refractivity contribution in [2.24, 2.45) is 0 Å². The fourth-order valence-electron chi connectivity index (χ4n) is 2.58. The molecule has 128 valence electrons. The molecule has 3 rings (SSSR count). The molecule has 24 heavy (non-hydrogen) atoms. The number of benzene rings is 1. The molecule has 0 radical (unpaired) electrons. The highest BCUT2D eigenvalue weighted by Gasteiger charge is 2.32. The summed E-state index contributed by atoms with van der Waals surface area (Å²) in [6, 6.07) is 5.72. The molecule has 0 aromatic heterocycles. The van der Waals surface area contributed by atoms with Crippen LogP contribution in [-0.4, -0.2) is 46.5 Å².